The second-order valence-electron chi connectivity index (χ2n) is 6.63. The molecule has 1 unspecified atom stereocenters. The number of fused-ring (bicyclic) bond motifs is 1. The molecule has 0 bridgehead atoms. The maximum atomic E-state index is 12.6. The van der Waals surface area contributed by atoms with Gasteiger partial charge in [0, 0.05) is 40.7 Å². The minimum Gasteiger partial charge on any atom is -0.493 e. The van der Waals surface area contributed by atoms with Crippen molar-refractivity contribution in [2.24, 2.45) is 0 Å². The molecule has 0 fully saturated rings. The predicted molar refractivity (Wildman–Crippen MR) is 120 cm³/mol. The van der Waals surface area contributed by atoms with Crippen LogP contribution in [0.15, 0.2) is 53.9 Å². The highest BCUT2D eigenvalue weighted by Gasteiger charge is 2.19. The molecule has 1 aliphatic rings. The molecule has 2 aromatic carbocycles. The van der Waals surface area contributed by atoms with Crippen molar-refractivity contribution in [3.8, 4) is 5.75 Å². The minimum absolute atomic E-state index is 0.276. The van der Waals surface area contributed by atoms with Crippen LogP contribution in [0.5, 0.6) is 5.75 Å². The Morgan fingerprint density at radius 2 is 1.83 bits per heavy atom. The molecule has 7 nitrogen and oxygen atoms in total. The highest BCUT2D eigenvalue weighted by Crippen LogP contribution is 2.32. The van der Waals surface area contributed by atoms with Crippen LogP contribution in [-0.2, 0) is 17.4 Å². The van der Waals surface area contributed by atoms with Gasteiger partial charge in [0.2, 0.25) is 0 Å². The predicted octanol–water partition coefficient (Wildman–Crippen LogP) is 3.89. The third-order valence-corrected chi connectivity index (χ3v) is 5.91. The second-order valence-corrected chi connectivity index (χ2v) is 8.65. The van der Waals surface area contributed by atoms with Crippen LogP contribution in [0.2, 0.25) is 0 Å². The third kappa shape index (κ3) is 4.52. The molecule has 3 N–H and O–H groups in total. The minimum atomic E-state index is -1.21. The summed E-state index contributed by atoms with van der Waals surface area (Å²) >= 11 is 1.19. The van der Waals surface area contributed by atoms with Gasteiger partial charge in [-0.2, -0.15) is 0 Å². The average Bonchev–Trinajstić information content (AvgIpc) is 3.38. The summed E-state index contributed by atoms with van der Waals surface area (Å²) in [6, 6.07) is 14.1. The molecular formula is C21H19N3O4S2. The Labute approximate surface area is 180 Å². The number of carbonyl (C=O) groups excluding carboxylic acids is 2. The summed E-state index contributed by atoms with van der Waals surface area (Å²) in [7, 11) is -1.21. The van der Waals surface area contributed by atoms with E-state index in [0.717, 1.165) is 23.4 Å². The van der Waals surface area contributed by atoms with Crippen LogP contribution in [0.25, 0.3) is 0 Å². The highest BCUT2D eigenvalue weighted by molar-refractivity contribution is 7.85. The Bertz CT molecular complexity index is 1140. The van der Waals surface area contributed by atoms with Crippen LogP contribution in [0.3, 0.4) is 0 Å². The lowest BCUT2D eigenvalue weighted by Crippen LogP contribution is -2.13. The van der Waals surface area contributed by atoms with Gasteiger partial charge in [0.1, 0.15) is 16.7 Å². The number of ether oxygens (including phenoxy) is 1. The van der Waals surface area contributed by atoms with Crippen LogP contribution in [0.1, 0.15) is 25.6 Å². The van der Waals surface area contributed by atoms with Gasteiger partial charge in [0.25, 0.3) is 11.8 Å². The lowest BCUT2D eigenvalue weighted by molar-refractivity contribution is 0.102. The number of hydrogen-bond donors (Lipinski definition) is 3. The Morgan fingerprint density at radius 1 is 1.03 bits per heavy atom. The van der Waals surface area contributed by atoms with E-state index in [0.29, 0.717) is 28.4 Å². The number of thiophene rings is 1. The quantitative estimate of drug-likeness (QED) is 0.541. The van der Waals surface area contributed by atoms with Crippen molar-refractivity contribution >= 4 is 51.2 Å². The molecule has 30 heavy (non-hydrogen) atoms. The topological polar surface area (TPSA) is 96.5 Å². The summed E-state index contributed by atoms with van der Waals surface area (Å²) < 4.78 is 19.6. The van der Waals surface area contributed by atoms with Gasteiger partial charge in [0.05, 0.1) is 17.0 Å². The van der Waals surface area contributed by atoms with Crippen LogP contribution in [0, 0.1) is 0 Å². The smallest absolute Gasteiger partial charge is 0.265 e. The van der Waals surface area contributed by atoms with Gasteiger partial charge in [-0.1, -0.05) is 12.1 Å². The normalized spacial score (nSPS) is 13.1. The lowest BCUT2D eigenvalue weighted by atomic mass is 10.1. The largest absolute Gasteiger partial charge is 0.493 e. The van der Waals surface area contributed by atoms with Crippen molar-refractivity contribution in [1.29, 1.82) is 0 Å². The van der Waals surface area contributed by atoms with E-state index in [1.807, 2.05) is 18.2 Å². The molecule has 0 radical (unpaired) electrons. The molecule has 0 saturated carbocycles. The van der Waals surface area contributed by atoms with E-state index < -0.39 is 11.0 Å². The Balaban J connectivity index is 1.44. The van der Waals surface area contributed by atoms with Crippen molar-refractivity contribution in [3.05, 3.63) is 69.9 Å². The summed E-state index contributed by atoms with van der Waals surface area (Å²) in [5.41, 5.74) is 3.33. The Kier molecular flexibility index (Phi) is 5.82. The molecule has 4 rings (SSSR count). The number of nitrogens with one attached hydrogen (secondary N) is 3. The summed E-state index contributed by atoms with van der Waals surface area (Å²) in [5.74, 6) is 0.201. The average molecular weight is 442 g/mol. The maximum Gasteiger partial charge on any atom is 0.265 e. The van der Waals surface area contributed by atoms with E-state index in [1.165, 1.54) is 17.6 Å². The Morgan fingerprint density at radius 3 is 2.67 bits per heavy atom. The van der Waals surface area contributed by atoms with Gasteiger partial charge in [-0.25, -0.2) is 4.21 Å². The number of hydrogen-bond acceptors (Lipinski definition) is 5. The summed E-state index contributed by atoms with van der Waals surface area (Å²) in [6.45, 7) is 0.607. The first-order valence-corrected chi connectivity index (χ1v) is 11.6. The highest BCUT2D eigenvalue weighted by atomic mass is 32.2. The monoisotopic (exact) mass is 441 g/mol. The first-order chi connectivity index (χ1) is 14.5. The molecule has 0 aliphatic carbocycles. The number of anilines is 3. The van der Waals surface area contributed by atoms with Gasteiger partial charge >= 0.3 is 0 Å². The molecule has 154 valence electrons. The second kappa shape index (κ2) is 8.68. The number of amides is 2. The van der Waals surface area contributed by atoms with Crippen LogP contribution < -0.4 is 20.1 Å². The van der Waals surface area contributed by atoms with E-state index in [4.69, 9.17) is 4.74 Å². The zero-order valence-corrected chi connectivity index (χ0v) is 17.7. The van der Waals surface area contributed by atoms with Gasteiger partial charge in [-0.05, 0) is 36.4 Å². The standard InChI is InChI=1S/C21H19N3O4S2/c1-30(27)24-15-5-2-4-14(11-15)22-21(26)19-10-13(12-29-19)20(25)23-17-6-3-7-18-16(17)8-9-28-18/h2-7,10-12,24H,8-9H2,1H3,(H,22,26)(H,23,25). The molecule has 2 heterocycles. The third-order valence-electron chi connectivity index (χ3n) is 4.46. The van der Waals surface area contributed by atoms with E-state index in [1.54, 1.807) is 35.7 Å². The first-order valence-electron chi connectivity index (χ1n) is 9.15. The van der Waals surface area contributed by atoms with E-state index in [9.17, 15) is 13.8 Å². The SMILES string of the molecule is CS(=O)Nc1cccc(NC(=O)c2cc(C(=O)Nc3cccc4c3CCO4)cs2)c1. The molecule has 3 aromatic rings. The summed E-state index contributed by atoms with van der Waals surface area (Å²) in [5, 5.41) is 7.35. The van der Waals surface area contributed by atoms with E-state index in [-0.39, 0.29) is 11.8 Å². The zero-order chi connectivity index (χ0) is 21.1. The van der Waals surface area contributed by atoms with E-state index in [2.05, 4.69) is 15.4 Å². The van der Waals surface area contributed by atoms with Crippen LogP contribution >= 0.6 is 11.3 Å². The van der Waals surface area contributed by atoms with Gasteiger partial charge in [-0.3, -0.25) is 9.59 Å². The summed E-state index contributed by atoms with van der Waals surface area (Å²) in [6.07, 6.45) is 2.28. The molecule has 0 saturated heterocycles. The van der Waals surface area contributed by atoms with Crippen molar-refractivity contribution in [2.75, 3.05) is 28.2 Å². The zero-order valence-electron chi connectivity index (χ0n) is 16.1. The first kappa shape index (κ1) is 20.1. The van der Waals surface area contributed by atoms with Gasteiger partial charge in [-0.15, -0.1) is 11.3 Å². The molecule has 2 amide bonds. The van der Waals surface area contributed by atoms with Crippen LogP contribution in [0.4, 0.5) is 17.1 Å². The number of benzene rings is 2. The lowest BCUT2D eigenvalue weighted by Gasteiger charge is -2.08. The molecule has 0 spiro atoms. The molecular weight excluding hydrogens is 422 g/mol. The van der Waals surface area contributed by atoms with Crippen molar-refractivity contribution in [1.82, 2.24) is 0 Å². The van der Waals surface area contributed by atoms with Crippen molar-refractivity contribution in [2.45, 2.75) is 6.42 Å². The Hall–Kier alpha value is -3.17. The fourth-order valence-corrected chi connectivity index (χ4v) is 4.37. The molecule has 1 aliphatic heterocycles. The molecule has 1 aromatic heterocycles. The van der Waals surface area contributed by atoms with Crippen LogP contribution in [-0.4, -0.2) is 28.9 Å². The van der Waals surface area contributed by atoms with Gasteiger partial charge < -0.3 is 20.1 Å². The molecule has 1 atom stereocenters. The fourth-order valence-electron chi connectivity index (χ4n) is 3.13. The van der Waals surface area contributed by atoms with Gasteiger partial charge in [0.15, 0.2) is 0 Å². The molecule has 9 heteroatoms. The van der Waals surface area contributed by atoms with Crippen molar-refractivity contribution in [3.63, 3.8) is 0 Å². The number of rotatable bonds is 6. The fraction of sp³-hybridized carbons (Fsp3) is 0.143. The number of carbonyl (C=O) groups is 2. The van der Waals surface area contributed by atoms with E-state index >= 15 is 0 Å². The summed E-state index contributed by atoms with van der Waals surface area (Å²) in [4.78, 5) is 25.6. The maximum absolute atomic E-state index is 12.6. The van der Waals surface area contributed by atoms with Crippen molar-refractivity contribution < 1.29 is 18.5 Å².